The minimum Gasteiger partial charge on any atom is -0.306 e. The summed E-state index contributed by atoms with van der Waals surface area (Å²) in [7, 11) is 1.79. The maximum Gasteiger partial charge on any atom is 0.326 e. The first-order valence-corrected chi connectivity index (χ1v) is 4.40. The summed E-state index contributed by atoms with van der Waals surface area (Å²) in [5, 5.41) is 0. The van der Waals surface area contributed by atoms with E-state index in [1.54, 1.807) is 11.6 Å². The van der Waals surface area contributed by atoms with Crippen LogP contribution in [0, 0.1) is 0 Å². The molecule has 0 radical (unpaired) electrons. The third-order valence-corrected chi connectivity index (χ3v) is 2.38. The van der Waals surface area contributed by atoms with Gasteiger partial charge in [-0.25, -0.2) is 4.79 Å². The molecule has 0 unspecified atom stereocenters. The molecule has 2 rings (SSSR count). The highest BCUT2D eigenvalue weighted by Gasteiger charge is 2.05. The largest absolute Gasteiger partial charge is 0.326 e. The second kappa shape index (κ2) is 2.76. The molecule has 0 fully saturated rings. The number of nitrogens with zero attached hydrogens (tertiary/aromatic N) is 1. The fraction of sp³-hybridized carbons (Fsp3) is 0.300. The van der Waals surface area contributed by atoms with Crippen LogP contribution in [0.25, 0.3) is 11.0 Å². The van der Waals surface area contributed by atoms with Crippen LogP contribution >= 0.6 is 0 Å². The number of hydrogen-bond acceptors (Lipinski definition) is 1. The number of nitrogens with one attached hydrogen (secondary N) is 1. The highest BCUT2D eigenvalue weighted by atomic mass is 16.1. The second-order valence-corrected chi connectivity index (χ2v) is 3.16. The Morgan fingerprint density at radius 1 is 1.46 bits per heavy atom. The lowest BCUT2D eigenvalue weighted by Gasteiger charge is -2.00. The molecular weight excluding hydrogens is 164 g/mol. The molecule has 0 saturated carbocycles. The van der Waals surface area contributed by atoms with E-state index in [1.807, 2.05) is 12.1 Å². The summed E-state index contributed by atoms with van der Waals surface area (Å²) < 4.78 is 1.66. The molecule has 1 heterocycles. The first kappa shape index (κ1) is 8.10. The summed E-state index contributed by atoms with van der Waals surface area (Å²) in [5.41, 5.74) is 3.11. The summed E-state index contributed by atoms with van der Waals surface area (Å²) >= 11 is 0. The molecule has 3 nitrogen and oxygen atoms in total. The van der Waals surface area contributed by atoms with Crippen molar-refractivity contribution < 1.29 is 0 Å². The average molecular weight is 176 g/mol. The van der Waals surface area contributed by atoms with Gasteiger partial charge in [-0.15, -0.1) is 0 Å². The number of benzene rings is 1. The lowest BCUT2D eigenvalue weighted by Crippen LogP contribution is -2.12. The normalized spacial score (nSPS) is 10.9. The van der Waals surface area contributed by atoms with Crippen molar-refractivity contribution >= 4 is 11.0 Å². The molecule has 1 aromatic carbocycles. The smallest absolute Gasteiger partial charge is 0.306 e. The maximum atomic E-state index is 11.3. The van der Waals surface area contributed by atoms with Crippen molar-refractivity contribution in [3.63, 3.8) is 0 Å². The van der Waals surface area contributed by atoms with Crippen LogP contribution in [0.4, 0.5) is 0 Å². The summed E-state index contributed by atoms with van der Waals surface area (Å²) in [6.07, 6.45) is 0.947. The van der Waals surface area contributed by atoms with Crippen LogP contribution in [0.15, 0.2) is 23.0 Å². The molecule has 0 aliphatic carbocycles. The molecule has 3 heteroatoms. The Morgan fingerprint density at radius 2 is 2.23 bits per heavy atom. The zero-order valence-corrected chi connectivity index (χ0v) is 7.79. The molecule has 0 bridgehead atoms. The quantitative estimate of drug-likeness (QED) is 0.701. The Bertz CT molecular complexity index is 493. The molecule has 0 aliphatic rings. The van der Waals surface area contributed by atoms with Crippen molar-refractivity contribution in [3.05, 3.63) is 34.2 Å². The summed E-state index contributed by atoms with van der Waals surface area (Å²) in [4.78, 5) is 14.1. The van der Waals surface area contributed by atoms with Crippen LogP contribution in [0.3, 0.4) is 0 Å². The molecule has 2 aromatic rings. The van der Waals surface area contributed by atoms with E-state index in [1.165, 1.54) is 5.56 Å². The molecule has 13 heavy (non-hydrogen) atoms. The van der Waals surface area contributed by atoms with Gasteiger partial charge in [-0.3, -0.25) is 4.57 Å². The van der Waals surface area contributed by atoms with E-state index >= 15 is 0 Å². The Kier molecular flexibility index (Phi) is 1.72. The van der Waals surface area contributed by atoms with E-state index in [-0.39, 0.29) is 5.69 Å². The SMILES string of the molecule is CCc1cccc2[nH]c(=O)n(C)c12. The van der Waals surface area contributed by atoms with Gasteiger partial charge >= 0.3 is 5.69 Å². The van der Waals surface area contributed by atoms with Crippen LogP contribution in [0.2, 0.25) is 0 Å². The standard InChI is InChI=1S/C10H12N2O/c1-3-7-5-4-6-8-9(7)12(2)10(13)11-8/h4-6H,3H2,1-2H3,(H,11,13). The number of imidazole rings is 1. The van der Waals surface area contributed by atoms with Gasteiger partial charge in [0.2, 0.25) is 0 Å². The second-order valence-electron chi connectivity index (χ2n) is 3.16. The van der Waals surface area contributed by atoms with E-state index in [0.29, 0.717) is 0 Å². The number of aromatic nitrogens is 2. The molecular formula is C10H12N2O. The predicted octanol–water partition coefficient (Wildman–Crippen LogP) is 1.43. The van der Waals surface area contributed by atoms with Crippen LogP contribution < -0.4 is 5.69 Å². The lowest BCUT2D eigenvalue weighted by atomic mass is 10.1. The maximum absolute atomic E-state index is 11.3. The third kappa shape index (κ3) is 1.08. The summed E-state index contributed by atoms with van der Waals surface area (Å²) in [5.74, 6) is 0. The number of para-hydroxylation sites is 1. The van der Waals surface area contributed by atoms with Gasteiger partial charge in [-0.1, -0.05) is 19.1 Å². The minimum absolute atomic E-state index is 0.0455. The van der Waals surface area contributed by atoms with Gasteiger partial charge in [0, 0.05) is 7.05 Å². The van der Waals surface area contributed by atoms with Crippen LogP contribution in [-0.2, 0) is 13.5 Å². The van der Waals surface area contributed by atoms with Crippen LogP contribution in [0.1, 0.15) is 12.5 Å². The van der Waals surface area contributed by atoms with E-state index in [2.05, 4.69) is 18.0 Å². The van der Waals surface area contributed by atoms with Crippen LogP contribution in [-0.4, -0.2) is 9.55 Å². The monoisotopic (exact) mass is 176 g/mol. The number of aryl methyl sites for hydroxylation is 2. The van der Waals surface area contributed by atoms with Gasteiger partial charge in [-0.05, 0) is 18.1 Å². The molecule has 0 aliphatic heterocycles. The van der Waals surface area contributed by atoms with Crippen molar-refractivity contribution in [2.24, 2.45) is 7.05 Å². The van der Waals surface area contributed by atoms with E-state index in [4.69, 9.17) is 0 Å². The fourth-order valence-electron chi connectivity index (χ4n) is 1.67. The number of H-pyrrole nitrogens is 1. The first-order valence-electron chi connectivity index (χ1n) is 4.40. The van der Waals surface area contributed by atoms with Crippen LogP contribution in [0.5, 0.6) is 0 Å². The summed E-state index contributed by atoms with van der Waals surface area (Å²) in [6.45, 7) is 2.09. The van der Waals surface area contributed by atoms with E-state index in [9.17, 15) is 4.79 Å². The van der Waals surface area contributed by atoms with Crippen molar-refractivity contribution in [2.45, 2.75) is 13.3 Å². The van der Waals surface area contributed by atoms with Gasteiger partial charge in [0.15, 0.2) is 0 Å². The Hall–Kier alpha value is -1.51. The number of hydrogen-bond donors (Lipinski definition) is 1. The highest BCUT2D eigenvalue weighted by Crippen LogP contribution is 2.14. The molecule has 0 atom stereocenters. The van der Waals surface area contributed by atoms with Gasteiger partial charge in [0.1, 0.15) is 0 Å². The fourth-order valence-corrected chi connectivity index (χ4v) is 1.67. The molecule has 0 amide bonds. The Morgan fingerprint density at radius 3 is 2.92 bits per heavy atom. The van der Waals surface area contributed by atoms with Crippen molar-refractivity contribution in [2.75, 3.05) is 0 Å². The Labute approximate surface area is 76.0 Å². The predicted molar refractivity (Wildman–Crippen MR) is 52.9 cm³/mol. The van der Waals surface area contributed by atoms with Crippen molar-refractivity contribution in [3.8, 4) is 0 Å². The average Bonchev–Trinajstić information content (AvgIpc) is 2.43. The van der Waals surface area contributed by atoms with Gasteiger partial charge in [0.25, 0.3) is 0 Å². The molecule has 1 N–H and O–H groups in total. The topological polar surface area (TPSA) is 37.8 Å². The van der Waals surface area contributed by atoms with Gasteiger partial charge < -0.3 is 4.98 Å². The van der Waals surface area contributed by atoms with Gasteiger partial charge in [-0.2, -0.15) is 0 Å². The molecule has 1 aromatic heterocycles. The molecule has 0 saturated heterocycles. The number of rotatable bonds is 1. The minimum atomic E-state index is -0.0455. The van der Waals surface area contributed by atoms with E-state index in [0.717, 1.165) is 17.5 Å². The third-order valence-electron chi connectivity index (χ3n) is 2.38. The number of aromatic amines is 1. The van der Waals surface area contributed by atoms with E-state index < -0.39 is 0 Å². The number of fused-ring (bicyclic) bond motifs is 1. The molecule has 0 spiro atoms. The highest BCUT2D eigenvalue weighted by molar-refractivity contribution is 5.78. The summed E-state index contributed by atoms with van der Waals surface area (Å²) in [6, 6.07) is 5.95. The Balaban J connectivity index is 2.95. The van der Waals surface area contributed by atoms with Crippen molar-refractivity contribution in [1.29, 1.82) is 0 Å². The van der Waals surface area contributed by atoms with Crippen molar-refractivity contribution in [1.82, 2.24) is 9.55 Å². The lowest BCUT2D eigenvalue weighted by molar-refractivity contribution is 0.884. The zero-order valence-electron chi connectivity index (χ0n) is 7.79. The van der Waals surface area contributed by atoms with Gasteiger partial charge in [0.05, 0.1) is 11.0 Å². The molecule has 68 valence electrons. The first-order chi connectivity index (χ1) is 6.24. The zero-order chi connectivity index (χ0) is 9.42.